The summed E-state index contributed by atoms with van der Waals surface area (Å²) in [7, 11) is 1.29. The van der Waals surface area contributed by atoms with E-state index in [1.54, 1.807) is 35.2 Å². The monoisotopic (exact) mass is 476 g/mol. The molecule has 4 aromatic rings. The zero-order chi connectivity index (χ0) is 24.2. The SMILES string of the molecule is COC(=O)c1cc(CNC(=O)c2ccc3[nH]c(C)c(C)c3c2)cc(NC(=O)Cc2cscn2)c1. The Kier molecular flexibility index (Phi) is 6.74. The smallest absolute Gasteiger partial charge is 0.337 e. The Morgan fingerprint density at radius 1 is 1.09 bits per heavy atom. The van der Waals surface area contributed by atoms with Crippen LogP contribution in [0.5, 0.6) is 0 Å². The molecule has 174 valence electrons. The topological polar surface area (TPSA) is 113 Å². The normalized spacial score (nSPS) is 10.8. The third-order valence-electron chi connectivity index (χ3n) is 5.55. The van der Waals surface area contributed by atoms with Gasteiger partial charge in [0.1, 0.15) is 0 Å². The highest BCUT2D eigenvalue weighted by Crippen LogP contribution is 2.23. The first-order chi connectivity index (χ1) is 16.3. The quantitative estimate of drug-likeness (QED) is 0.347. The van der Waals surface area contributed by atoms with E-state index in [1.165, 1.54) is 18.4 Å². The standard InChI is InChI=1S/C25H24N4O4S/c1-14-15(2)28-22-5-4-17(9-21(14)22)24(31)26-11-16-6-18(25(32)33-3)8-19(7-16)29-23(30)10-20-12-34-13-27-20/h4-9,12-13,28H,10-11H2,1-3H3,(H,26,31)(H,29,30). The maximum absolute atomic E-state index is 12.8. The van der Waals surface area contributed by atoms with Gasteiger partial charge in [0.05, 0.1) is 30.3 Å². The molecule has 0 fully saturated rings. The number of aryl methyl sites for hydroxylation is 2. The lowest BCUT2D eigenvalue weighted by atomic mass is 10.1. The van der Waals surface area contributed by atoms with Gasteiger partial charge in [0, 0.05) is 39.8 Å². The average Bonchev–Trinajstić information content (AvgIpc) is 3.43. The molecular formula is C25H24N4O4S. The molecule has 0 atom stereocenters. The number of nitrogens with zero attached hydrogens (tertiary/aromatic N) is 1. The molecule has 0 saturated heterocycles. The largest absolute Gasteiger partial charge is 0.465 e. The lowest BCUT2D eigenvalue weighted by molar-refractivity contribution is -0.115. The lowest BCUT2D eigenvalue weighted by Crippen LogP contribution is -2.23. The number of thiazole rings is 1. The molecule has 2 aromatic carbocycles. The molecule has 3 N–H and O–H groups in total. The Balaban J connectivity index is 1.50. The minimum Gasteiger partial charge on any atom is -0.465 e. The van der Waals surface area contributed by atoms with E-state index in [0.717, 1.165) is 22.2 Å². The number of esters is 1. The number of nitrogens with one attached hydrogen (secondary N) is 3. The van der Waals surface area contributed by atoms with Crippen molar-refractivity contribution in [2.45, 2.75) is 26.8 Å². The van der Waals surface area contributed by atoms with Gasteiger partial charge in [-0.1, -0.05) is 0 Å². The van der Waals surface area contributed by atoms with E-state index >= 15 is 0 Å². The van der Waals surface area contributed by atoms with Crippen LogP contribution in [-0.2, 0) is 22.5 Å². The van der Waals surface area contributed by atoms with Crippen LogP contribution < -0.4 is 10.6 Å². The molecule has 4 rings (SSSR count). The van der Waals surface area contributed by atoms with E-state index < -0.39 is 5.97 Å². The Bertz CT molecular complexity index is 1380. The Hall–Kier alpha value is -3.98. The van der Waals surface area contributed by atoms with Gasteiger partial charge in [-0.05, 0) is 61.4 Å². The van der Waals surface area contributed by atoms with E-state index in [0.29, 0.717) is 22.5 Å². The van der Waals surface area contributed by atoms with Gasteiger partial charge in [-0.15, -0.1) is 11.3 Å². The van der Waals surface area contributed by atoms with Crippen molar-refractivity contribution in [2.75, 3.05) is 12.4 Å². The maximum atomic E-state index is 12.8. The third kappa shape index (κ3) is 5.15. The number of hydrogen-bond donors (Lipinski definition) is 3. The molecule has 2 aromatic heterocycles. The van der Waals surface area contributed by atoms with Crippen molar-refractivity contribution in [2.24, 2.45) is 0 Å². The number of ether oxygens (including phenoxy) is 1. The van der Waals surface area contributed by atoms with Crippen LogP contribution >= 0.6 is 11.3 Å². The molecule has 0 aliphatic carbocycles. The second kappa shape index (κ2) is 9.88. The molecule has 0 aliphatic heterocycles. The Labute approximate surface area is 200 Å². The van der Waals surface area contributed by atoms with Gasteiger partial charge >= 0.3 is 5.97 Å². The van der Waals surface area contributed by atoms with Crippen molar-refractivity contribution in [3.63, 3.8) is 0 Å². The van der Waals surface area contributed by atoms with E-state index in [2.05, 4.69) is 20.6 Å². The van der Waals surface area contributed by atoms with E-state index in [1.807, 2.05) is 26.0 Å². The fourth-order valence-electron chi connectivity index (χ4n) is 3.68. The molecule has 0 bridgehead atoms. The molecule has 0 spiro atoms. The number of aromatic nitrogens is 2. The number of anilines is 1. The first kappa shape index (κ1) is 23.2. The Morgan fingerprint density at radius 3 is 2.65 bits per heavy atom. The number of fused-ring (bicyclic) bond motifs is 1. The molecule has 0 radical (unpaired) electrons. The van der Waals surface area contributed by atoms with Gasteiger partial charge in [-0.25, -0.2) is 9.78 Å². The van der Waals surface area contributed by atoms with Crippen molar-refractivity contribution in [1.82, 2.24) is 15.3 Å². The summed E-state index contributed by atoms with van der Waals surface area (Å²) in [4.78, 5) is 44.8. The Morgan fingerprint density at radius 2 is 1.91 bits per heavy atom. The van der Waals surface area contributed by atoms with Crippen LogP contribution in [-0.4, -0.2) is 34.9 Å². The summed E-state index contributed by atoms with van der Waals surface area (Å²) >= 11 is 1.42. The summed E-state index contributed by atoms with van der Waals surface area (Å²) in [6, 6.07) is 10.4. The number of methoxy groups -OCH3 is 1. The van der Waals surface area contributed by atoms with Gasteiger partial charge in [-0.3, -0.25) is 9.59 Å². The number of carbonyl (C=O) groups excluding carboxylic acids is 3. The van der Waals surface area contributed by atoms with Crippen LogP contribution in [0.4, 0.5) is 5.69 Å². The number of hydrogen-bond acceptors (Lipinski definition) is 6. The van der Waals surface area contributed by atoms with E-state index in [9.17, 15) is 14.4 Å². The molecule has 8 nitrogen and oxygen atoms in total. The van der Waals surface area contributed by atoms with Crippen molar-refractivity contribution < 1.29 is 19.1 Å². The molecular weight excluding hydrogens is 452 g/mol. The van der Waals surface area contributed by atoms with Gasteiger partial charge in [-0.2, -0.15) is 0 Å². The van der Waals surface area contributed by atoms with Gasteiger partial charge < -0.3 is 20.4 Å². The van der Waals surface area contributed by atoms with E-state index in [4.69, 9.17) is 4.74 Å². The highest BCUT2D eigenvalue weighted by Gasteiger charge is 2.14. The van der Waals surface area contributed by atoms with Crippen molar-refractivity contribution in [3.8, 4) is 0 Å². The maximum Gasteiger partial charge on any atom is 0.337 e. The van der Waals surface area contributed by atoms with Crippen LogP contribution in [0, 0.1) is 13.8 Å². The van der Waals surface area contributed by atoms with Crippen LogP contribution in [0.25, 0.3) is 10.9 Å². The number of carbonyl (C=O) groups is 3. The summed E-state index contributed by atoms with van der Waals surface area (Å²) in [5.41, 5.74) is 7.39. The molecule has 2 heterocycles. The molecule has 2 amide bonds. The van der Waals surface area contributed by atoms with Crippen molar-refractivity contribution >= 4 is 45.7 Å². The molecule has 0 aliphatic rings. The van der Waals surface area contributed by atoms with Crippen molar-refractivity contribution in [1.29, 1.82) is 0 Å². The highest BCUT2D eigenvalue weighted by molar-refractivity contribution is 7.07. The summed E-state index contributed by atoms with van der Waals surface area (Å²) < 4.78 is 4.83. The summed E-state index contributed by atoms with van der Waals surface area (Å²) in [6.07, 6.45) is 0.124. The first-order valence-corrected chi connectivity index (χ1v) is 11.5. The second-order valence-corrected chi connectivity index (χ2v) is 8.65. The number of amides is 2. The third-order valence-corrected chi connectivity index (χ3v) is 6.18. The predicted octanol–water partition coefficient (Wildman–Crippen LogP) is 4.14. The van der Waals surface area contributed by atoms with Crippen LogP contribution in [0.2, 0.25) is 0 Å². The van der Waals surface area contributed by atoms with E-state index in [-0.39, 0.29) is 30.3 Å². The van der Waals surface area contributed by atoms with Gasteiger partial charge in [0.25, 0.3) is 5.91 Å². The number of benzene rings is 2. The molecule has 0 unspecified atom stereocenters. The average molecular weight is 477 g/mol. The molecule has 0 saturated carbocycles. The second-order valence-electron chi connectivity index (χ2n) is 7.93. The fraction of sp³-hybridized carbons (Fsp3) is 0.200. The fourth-order valence-corrected chi connectivity index (χ4v) is 4.24. The highest BCUT2D eigenvalue weighted by atomic mass is 32.1. The minimum absolute atomic E-state index is 0.124. The van der Waals surface area contributed by atoms with Crippen molar-refractivity contribution in [3.05, 3.63) is 80.9 Å². The predicted molar refractivity (Wildman–Crippen MR) is 131 cm³/mol. The zero-order valence-electron chi connectivity index (χ0n) is 19.0. The summed E-state index contributed by atoms with van der Waals surface area (Å²) in [6.45, 7) is 4.18. The molecule has 9 heteroatoms. The first-order valence-electron chi connectivity index (χ1n) is 10.6. The van der Waals surface area contributed by atoms with Gasteiger partial charge in [0.15, 0.2) is 0 Å². The van der Waals surface area contributed by atoms with Crippen LogP contribution in [0.1, 0.15) is 43.2 Å². The van der Waals surface area contributed by atoms with Crippen LogP contribution in [0.15, 0.2) is 47.3 Å². The number of aromatic amines is 1. The number of H-pyrrole nitrogens is 1. The molecule has 34 heavy (non-hydrogen) atoms. The number of rotatable bonds is 7. The summed E-state index contributed by atoms with van der Waals surface area (Å²) in [5.74, 6) is -1.03. The minimum atomic E-state index is -0.535. The zero-order valence-corrected chi connectivity index (χ0v) is 19.8. The van der Waals surface area contributed by atoms with Crippen LogP contribution in [0.3, 0.4) is 0 Å². The summed E-state index contributed by atoms with van der Waals surface area (Å²) in [5, 5.41) is 8.48. The van der Waals surface area contributed by atoms with Gasteiger partial charge in [0.2, 0.25) is 5.91 Å². The lowest BCUT2D eigenvalue weighted by Gasteiger charge is -2.11.